The highest BCUT2D eigenvalue weighted by Crippen LogP contribution is 2.28. The molecule has 10 nitrogen and oxygen atoms in total. The average molecular weight is 507 g/mol. The fourth-order valence-corrected chi connectivity index (χ4v) is 5.24. The number of fused-ring (bicyclic) bond motifs is 1. The number of nitrogens with zero attached hydrogens (tertiary/aromatic N) is 7. The molecule has 3 aromatic rings. The summed E-state index contributed by atoms with van der Waals surface area (Å²) >= 11 is 0. The highest BCUT2D eigenvalue weighted by Gasteiger charge is 2.30. The van der Waals surface area contributed by atoms with E-state index in [1.54, 1.807) is 0 Å². The van der Waals surface area contributed by atoms with Gasteiger partial charge in [-0.15, -0.1) is 0 Å². The maximum absolute atomic E-state index is 13.1. The maximum Gasteiger partial charge on any atom is 0.229 e. The van der Waals surface area contributed by atoms with Gasteiger partial charge in [-0.2, -0.15) is 9.97 Å². The van der Waals surface area contributed by atoms with Gasteiger partial charge in [0.2, 0.25) is 11.9 Å². The molecule has 5 rings (SSSR count). The molecule has 2 aromatic heterocycles. The second-order valence-electron chi connectivity index (χ2n) is 9.67. The summed E-state index contributed by atoms with van der Waals surface area (Å²) in [4.78, 5) is 34.3. The molecule has 2 aliphatic rings. The first kappa shape index (κ1) is 25.4. The van der Waals surface area contributed by atoms with Gasteiger partial charge in [-0.1, -0.05) is 18.2 Å². The van der Waals surface area contributed by atoms with Crippen molar-refractivity contribution in [3.05, 3.63) is 36.7 Å². The van der Waals surface area contributed by atoms with Gasteiger partial charge in [0.15, 0.2) is 17.0 Å². The molecule has 1 aromatic carbocycles. The van der Waals surface area contributed by atoms with E-state index in [0.29, 0.717) is 12.5 Å². The fraction of sp³-hybridized carbons (Fsp3) is 0.556. The minimum absolute atomic E-state index is 0.0373. The van der Waals surface area contributed by atoms with E-state index in [2.05, 4.69) is 15.1 Å². The number of hydrogen-bond acceptors (Lipinski definition) is 8. The molecule has 10 heteroatoms. The zero-order valence-electron chi connectivity index (χ0n) is 22.0. The van der Waals surface area contributed by atoms with Gasteiger partial charge in [0.05, 0.1) is 19.1 Å². The summed E-state index contributed by atoms with van der Waals surface area (Å²) in [6.45, 7) is 12.2. The molecule has 1 amide bonds. The lowest BCUT2D eigenvalue weighted by atomic mass is 9.96. The average Bonchev–Trinajstić information content (AvgIpc) is 3.39. The Bertz CT molecular complexity index is 1170. The third kappa shape index (κ3) is 5.70. The number of carbonyl (C=O) groups excluding carboxylic acids is 1. The molecular weight excluding hydrogens is 468 g/mol. The van der Waals surface area contributed by atoms with Crippen molar-refractivity contribution in [2.24, 2.45) is 5.92 Å². The third-order valence-corrected chi connectivity index (χ3v) is 7.37. The van der Waals surface area contributed by atoms with Crippen molar-refractivity contribution in [3.63, 3.8) is 0 Å². The maximum atomic E-state index is 13.1. The molecule has 2 saturated heterocycles. The first-order chi connectivity index (χ1) is 18.2. The molecule has 2 aliphatic heterocycles. The summed E-state index contributed by atoms with van der Waals surface area (Å²) in [7, 11) is 0. The Morgan fingerprint density at radius 2 is 1.89 bits per heavy atom. The minimum Gasteiger partial charge on any atom is -0.379 e. The number of ether oxygens (including phenoxy) is 1. The van der Waals surface area contributed by atoms with Gasteiger partial charge in [-0.3, -0.25) is 14.3 Å². The molecule has 0 aliphatic carbocycles. The standard InChI is InChI=1S/C27H38N8O2/c1-3-33(4-2)26(36)21-9-8-13-34(19-21)27-30-24(28-12-14-32-15-17-37-18-16-32)23-25(31-27)35(20-29-23)22-10-6-5-7-11-22/h5-7,10-11,20-21H,3-4,8-9,12-19H2,1-2H3,(H,28,30,31). The van der Waals surface area contributed by atoms with Crippen LogP contribution < -0.4 is 10.2 Å². The van der Waals surface area contributed by atoms with Gasteiger partial charge >= 0.3 is 0 Å². The Labute approximate surface area is 218 Å². The highest BCUT2D eigenvalue weighted by atomic mass is 16.5. The summed E-state index contributed by atoms with van der Waals surface area (Å²) in [5.41, 5.74) is 2.52. The number of benzene rings is 1. The van der Waals surface area contributed by atoms with E-state index in [1.807, 2.05) is 60.0 Å². The number of hydrogen-bond donors (Lipinski definition) is 1. The second-order valence-corrected chi connectivity index (χ2v) is 9.67. The van der Waals surface area contributed by atoms with Crippen molar-refractivity contribution in [3.8, 4) is 5.69 Å². The highest BCUT2D eigenvalue weighted by molar-refractivity contribution is 5.86. The molecule has 0 bridgehead atoms. The summed E-state index contributed by atoms with van der Waals surface area (Å²) in [5, 5.41) is 3.54. The van der Waals surface area contributed by atoms with Crippen molar-refractivity contribution < 1.29 is 9.53 Å². The lowest BCUT2D eigenvalue weighted by molar-refractivity contribution is -0.135. The molecule has 1 atom stereocenters. The van der Waals surface area contributed by atoms with Crippen LogP contribution >= 0.6 is 0 Å². The van der Waals surface area contributed by atoms with Gasteiger partial charge in [0.1, 0.15) is 6.33 Å². The van der Waals surface area contributed by atoms with E-state index >= 15 is 0 Å². The largest absolute Gasteiger partial charge is 0.379 e. The molecule has 2 fully saturated rings. The lowest BCUT2D eigenvalue weighted by Crippen LogP contribution is -2.45. The summed E-state index contributed by atoms with van der Waals surface area (Å²) in [5.74, 6) is 1.58. The van der Waals surface area contributed by atoms with Crippen molar-refractivity contribution in [1.29, 1.82) is 0 Å². The Balaban J connectivity index is 1.43. The summed E-state index contributed by atoms with van der Waals surface area (Å²) in [6.07, 6.45) is 3.66. The van der Waals surface area contributed by atoms with Crippen LogP contribution in [0.15, 0.2) is 36.7 Å². The Kier molecular flexibility index (Phi) is 8.15. The van der Waals surface area contributed by atoms with Crippen molar-refractivity contribution in [1.82, 2.24) is 29.3 Å². The molecule has 1 N–H and O–H groups in total. The first-order valence-corrected chi connectivity index (χ1v) is 13.6. The number of aromatic nitrogens is 4. The van der Waals surface area contributed by atoms with Crippen LogP contribution in [0.2, 0.25) is 0 Å². The van der Waals surface area contributed by atoms with Crippen molar-refractivity contribution >= 4 is 28.8 Å². The minimum atomic E-state index is -0.0373. The van der Waals surface area contributed by atoms with Crippen molar-refractivity contribution in [2.75, 3.05) is 75.8 Å². The monoisotopic (exact) mass is 506 g/mol. The van der Waals surface area contributed by atoms with Gasteiger partial charge < -0.3 is 19.9 Å². The van der Waals surface area contributed by atoms with Gasteiger partial charge in [0, 0.05) is 58.0 Å². The fourth-order valence-electron chi connectivity index (χ4n) is 5.24. The SMILES string of the molecule is CCN(CC)C(=O)C1CCCN(c2nc(NCCN3CCOCC3)c3ncn(-c4ccccc4)c3n2)C1. The van der Waals surface area contributed by atoms with E-state index < -0.39 is 0 Å². The van der Waals surface area contributed by atoms with Gasteiger partial charge in [0.25, 0.3) is 0 Å². The van der Waals surface area contributed by atoms with E-state index in [-0.39, 0.29) is 11.8 Å². The van der Waals surface area contributed by atoms with E-state index in [4.69, 9.17) is 19.7 Å². The zero-order chi connectivity index (χ0) is 25.6. The molecule has 198 valence electrons. The number of piperidine rings is 1. The van der Waals surface area contributed by atoms with Crippen LogP contribution in [0, 0.1) is 5.92 Å². The van der Waals surface area contributed by atoms with E-state index in [9.17, 15) is 4.79 Å². The molecule has 4 heterocycles. The molecule has 0 radical (unpaired) electrons. The van der Waals surface area contributed by atoms with Crippen LogP contribution in [0.4, 0.5) is 11.8 Å². The predicted octanol–water partition coefficient (Wildman–Crippen LogP) is 2.64. The van der Waals surface area contributed by atoms with Gasteiger partial charge in [-0.05, 0) is 38.8 Å². The number of imidazole rings is 1. The molecule has 0 spiro atoms. The summed E-state index contributed by atoms with van der Waals surface area (Å²) in [6, 6.07) is 10.1. The normalized spacial score (nSPS) is 18.8. The zero-order valence-corrected chi connectivity index (χ0v) is 22.0. The quantitative estimate of drug-likeness (QED) is 0.474. The van der Waals surface area contributed by atoms with Crippen LogP contribution in [0.3, 0.4) is 0 Å². The Morgan fingerprint density at radius 3 is 2.65 bits per heavy atom. The number of para-hydroxylation sites is 1. The third-order valence-electron chi connectivity index (χ3n) is 7.37. The van der Waals surface area contributed by atoms with Crippen LogP contribution in [0.25, 0.3) is 16.9 Å². The number of morpholine rings is 1. The van der Waals surface area contributed by atoms with E-state index in [0.717, 1.165) is 94.5 Å². The lowest BCUT2D eigenvalue weighted by Gasteiger charge is -2.34. The number of carbonyl (C=O) groups is 1. The second kappa shape index (κ2) is 11.9. The topological polar surface area (TPSA) is 91.7 Å². The predicted molar refractivity (Wildman–Crippen MR) is 145 cm³/mol. The van der Waals surface area contributed by atoms with Gasteiger partial charge in [-0.25, -0.2) is 4.98 Å². The van der Waals surface area contributed by atoms with Crippen LogP contribution in [0.5, 0.6) is 0 Å². The molecule has 1 unspecified atom stereocenters. The molecular formula is C27H38N8O2. The number of amides is 1. The number of nitrogens with one attached hydrogen (secondary N) is 1. The van der Waals surface area contributed by atoms with E-state index in [1.165, 1.54) is 0 Å². The molecule has 37 heavy (non-hydrogen) atoms. The molecule has 0 saturated carbocycles. The van der Waals surface area contributed by atoms with Crippen LogP contribution in [-0.2, 0) is 9.53 Å². The summed E-state index contributed by atoms with van der Waals surface area (Å²) < 4.78 is 7.49. The van der Waals surface area contributed by atoms with Crippen LogP contribution in [0.1, 0.15) is 26.7 Å². The Hall–Kier alpha value is -3.24. The first-order valence-electron chi connectivity index (χ1n) is 13.6. The number of anilines is 2. The smallest absolute Gasteiger partial charge is 0.229 e. The Morgan fingerprint density at radius 1 is 1.11 bits per heavy atom. The van der Waals surface area contributed by atoms with Crippen LogP contribution in [-0.4, -0.2) is 101 Å². The number of rotatable bonds is 9. The van der Waals surface area contributed by atoms with Crippen molar-refractivity contribution in [2.45, 2.75) is 26.7 Å².